The molecule has 0 aliphatic carbocycles. The molecule has 38 heavy (non-hydrogen) atoms. The molecule has 200 valence electrons. The third-order valence-corrected chi connectivity index (χ3v) is 6.88. The number of hydrogen-bond acceptors (Lipinski definition) is 7. The van der Waals surface area contributed by atoms with Gasteiger partial charge in [0.2, 0.25) is 11.8 Å². The van der Waals surface area contributed by atoms with Gasteiger partial charge in [0.1, 0.15) is 17.4 Å². The number of aliphatic hydroxyl groups is 1. The number of amides is 2. The number of nitrogens with zero attached hydrogens (tertiary/aromatic N) is 4. The number of carbonyl (C=O) groups is 2. The average Bonchev–Trinajstić information content (AvgIpc) is 2.94. The molecule has 9 heteroatoms. The Balaban J connectivity index is 1.63. The van der Waals surface area contributed by atoms with Crippen LogP contribution >= 0.6 is 0 Å². The summed E-state index contributed by atoms with van der Waals surface area (Å²) in [5.41, 5.74) is 2.65. The number of hydrogen-bond donors (Lipinski definition) is 1. The molecule has 1 aliphatic heterocycles. The summed E-state index contributed by atoms with van der Waals surface area (Å²) in [5.74, 6) is 0.475. The standard InChI is InChI=1S/C29H34N4O5/c1-19-16-33(20(2)18-34)29(36)25-13-22(21-8-10-24(37-4)11-9-21)15-31-28(25)38-26(19)17-32(3)27(35)14-23-7-5-6-12-30-23/h5-13,15,19-20,26,34H,14,16-18H2,1-4H3/t19-,20+,26+/m1/s1. The quantitative estimate of drug-likeness (QED) is 0.489. The predicted octanol–water partition coefficient (Wildman–Crippen LogP) is 3.07. The third-order valence-electron chi connectivity index (χ3n) is 6.88. The van der Waals surface area contributed by atoms with E-state index in [2.05, 4.69) is 9.97 Å². The van der Waals surface area contributed by atoms with Crippen molar-refractivity contribution in [2.24, 2.45) is 5.92 Å². The molecule has 0 fully saturated rings. The Hall–Kier alpha value is -3.98. The van der Waals surface area contributed by atoms with Crippen LogP contribution in [0.2, 0.25) is 0 Å². The van der Waals surface area contributed by atoms with Gasteiger partial charge in [-0.2, -0.15) is 0 Å². The highest BCUT2D eigenvalue weighted by Crippen LogP contribution is 2.31. The van der Waals surface area contributed by atoms with Crippen molar-refractivity contribution in [2.45, 2.75) is 32.4 Å². The molecule has 1 N–H and O–H groups in total. The molecule has 3 heterocycles. The van der Waals surface area contributed by atoms with Crippen molar-refractivity contribution >= 4 is 11.8 Å². The molecule has 3 atom stereocenters. The molecule has 1 aliphatic rings. The van der Waals surface area contributed by atoms with Crippen molar-refractivity contribution in [2.75, 3.05) is 33.9 Å². The molecule has 2 aromatic heterocycles. The number of carbonyl (C=O) groups excluding carboxylic acids is 2. The van der Waals surface area contributed by atoms with Gasteiger partial charge in [0.05, 0.1) is 32.7 Å². The summed E-state index contributed by atoms with van der Waals surface area (Å²) in [6.45, 7) is 4.28. The fraction of sp³-hybridized carbons (Fsp3) is 0.379. The first-order valence-electron chi connectivity index (χ1n) is 12.7. The van der Waals surface area contributed by atoms with Crippen LogP contribution in [0, 0.1) is 5.92 Å². The van der Waals surface area contributed by atoms with Crippen molar-refractivity contribution in [1.82, 2.24) is 19.8 Å². The van der Waals surface area contributed by atoms with Gasteiger partial charge < -0.3 is 24.4 Å². The predicted molar refractivity (Wildman–Crippen MR) is 143 cm³/mol. The lowest BCUT2D eigenvalue weighted by molar-refractivity contribution is -0.130. The van der Waals surface area contributed by atoms with Crippen LogP contribution in [0.15, 0.2) is 60.9 Å². The minimum Gasteiger partial charge on any atom is -0.497 e. The number of likely N-dealkylation sites (N-methyl/N-ethyl adjacent to an activating group) is 1. The van der Waals surface area contributed by atoms with Crippen LogP contribution in [0.25, 0.3) is 11.1 Å². The van der Waals surface area contributed by atoms with E-state index in [1.165, 1.54) is 0 Å². The van der Waals surface area contributed by atoms with Crippen LogP contribution in [0.1, 0.15) is 29.9 Å². The van der Waals surface area contributed by atoms with Crippen molar-refractivity contribution < 1.29 is 24.2 Å². The Labute approximate surface area is 223 Å². The van der Waals surface area contributed by atoms with Crippen LogP contribution in [0.4, 0.5) is 0 Å². The Morgan fingerprint density at radius 3 is 2.63 bits per heavy atom. The maximum absolute atomic E-state index is 13.7. The number of benzene rings is 1. The maximum Gasteiger partial charge on any atom is 0.259 e. The second kappa shape index (κ2) is 12.0. The van der Waals surface area contributed by atoms with E-state index < -0.39 is 12.1 Å². The van der Waals surface area contributed by atoms with Gasteiger partial charge in [-0.15, -0.1) is 0 Å². The number of pyridine rings is 2. The summed E-state index contributed by atoms with van der Waals surface area (Å²) in [6.07, 6.45) is 3.10. The van der Waals surface area contributed by atoms with Gasteiger partial charge in [-0.1, -0.05) is 25.1 Å². The smallest absolute Gasteiger partial charge is 0.259 e. The Bertz CT molecular complexity index is 1250. The molecule has 0 saturated carbocycles. The molecule has 3 aromatic rings. The second-order valence-electron chi connectivity index (χ2n) is 9.70. The number of aromatic nitrogens is 2. The maximum atomic E-state index is 13.7. The van der Waals surface area contributed by atoms with Gasteiger partial charge in [-0.05, 0) is 42.8 Å². The normalized spacial score (nSPS) is 18.0. The Morgan fingerprint density at radius 2 is 1.97 bits per heavy atom. The molecule has 0 bridgehead atoms. The molecule has 4 rings (SSSR count). The molecule has 0 radical (unpaired) electrons. The zero-order valence-electron chi connectivity index (χ0n) is 22.2. The van der Waals surface area contributed by atoms with E-state index in [0.29, 0.717) is 24.3 Å². The Kier molecular flexibility index (Phi) is 8.58. The largest absolute Gasteiger partial charge is 0.497 e. The van der Waals surface area contributed by atoms with Gasteiger partial charge in [-0.3, -0.25) is 14.6 Å². The van der Waals surface area contributed by atoms with E-state index in [1.807, 2.05) is 56.3 Å². The van der Waals surface area contributed by atoms with Crippen molar-refractivity contribution in [3.05, 3.63) is 72.2 Å². The van der Waals surface area contributed by atoms with E-state index in [1.54, 1.807) is 42.4 Å². The molecule has 0 unspecified atom stereocenters. The number of aliphatic hydroxyl groups excluding tert-OH is 1. The molecule has 1 aromatic carbocycles. The monoisotopic (exact) mass is 518 g/mol. The first-order chi connectivity index (χ1) is 18.3. The number of rotatable bonds is 8. The van der Waals surface area contributed by atoms with Crippen LogP contribution in [0.5, 0.6) is 11.6 Å². The van der Waals surface area contributed by atoms with Gasteiger partial charge in [0.15, 0.2) is 0 Å². The number of ether oxygens (including phenoxy) is 2. The van der Waals surface area contributed by atoms with E-state index >= 15 is 0 Å². The van der Waals surface area contributed by atoms with Crippen molar-refractivity contribution in [3.8, 4) is 22.8 Å². The summed E-state index contributed by atoms with van der Waals surface area (Å²) in [4.78, 5) is 38.7. The van der Waals surface area contributed by atoms with Crippen LogP contribution in [-0.2, 0) is 11.2 Å². The molecule has 0 saturated heterocycles. The minimum absolute atomic E-state index is 0.0822. The fourth-order valence-electron chi connectivity index (χ4n) is 4.43. The van der Waals surface area contributed by atoms with E-state index in [9.17, 15) is 14.7 Å². The van der Waals surface area contributed by atoms with E-state index in [4.69, 9.17) is 9.47 Å². The highest BCUT2D eigenvalue weighted by molar-refractivity contribution is 5.98. The molecular formula is C29H34N4O5. The van der Waals surface area contributed by atoms with Crippen LogP contribution in [-0.4, -0.2) is 82.7 Å². The van der Waals surface area contributed by atoms with E-state index in [0.717, 1.165) is 16.9 Å². The van der Waals surface area contributed by atoms with Gasteiger partial charge >= 0.3 is 0 Å². The lowest BCUT2D eigenvalue weighted by Gasteiger charge is -2.37. The summed E-state index contributed by atoms with van der Waals surface area (Å²) < 4.78 is 11.6. The molecule has 0 spiro atoms. The van der Waals surface area contributed by atoms with Gasteiger partial charge in [0, 0.05) is 43.2 Å². The van der Waals surface area contributed by atoms with E-state index in [-0.39, 0.29) is 36.6 Å². The van der Waals surface area contributed by atoms with Crippen molar-refractivity contribution in [1.29, 1.82) is 0 Å². The zero-order valence-corrected chi connectivity index (χ0v) is 22.2. The first kappa shape index (κ1) is 27.1. The van der Waals surface area contributed by atoms with Gasteiger partial charge in [0.25, 0.3) is 5.91 Å². The lowest BCUT2D eigenvalue weighted by Crippen LogP contribution is -2.50. The lowest BCUT2D eigenvalue weighted by atomic mass is 9.99. The van der Waals surface area contributed by atoms with Gasteiger partial charge in [-0.25, -0.2) is 4.98 Å². The summed E-state index contributed by atoms with van der Waals surface area (Å²) in [6, 6.07) is 14.4. The summed E-state index contributed by atoms with van der Waals surface area (Å²) in [7, 11) is 3.34. The zero-order chi connectivity index (χ0) is 27.2. The topological polar surface area (TPSA) is 105 Å². The SMILES string of the molecule is COc1ccc(-c2cnc3c(c2)C(=O)N([C@@H](C)CO)C[C@@H](C)[C@H](CN(C)C(=O)Cc2ccccn2)O3)cc1. The first-order valence-corrected chi connectivity index (χ1v) is 12.7. The molecule has 9 nitrogen and oxygen atoms in total. The molecule has 2 amide bonds. The summed E-state index contributed by atoms with van der Waals surface area (Å²) in [5, 5.41) is 9.90. The van der Waals surface area contributed by atoms with Crippen LogP contribution in [0.3, 0.4) is 0 Å². The minimum atomic E-state index is -0.424. The molecular weight excluding hydrogens is 484 g/mol. The average molecular weight is 519 g/mol. The number of fused-ring (bicyclic) bond motifs is 1. The third kappa shape index (κ3) is 6.11. The summed E-state index contributed by atoms with van der Waals surface area (Å²) >= 11 is 0. The highest BCUT2D eigenvalue weighted by atomic mass is 16.5. The fourth-order valence-corrected chi connectivity index (χ4v) is 4.43. The highest BCUT2D eigenvalue weighted by Gasteiger charge is 2.34. The number of methoxy groups -OCH3 is 1. The van der Waals surface area contributed by atoms with Crippen molar-refractivity contribution in [3.63, 3.8) is 0 Å². The Morgan fingerprint density at radius 1 is 1.21 bits per heavy atom. The second-order valence-corrected chi connectivity index (χ2v) is 9.70. The van der Waals surface area contributed by atoms with Crippen LogP contribution < -0.4 is 9.47 Å².